The fourth-order valence-corrected chi connectivity index (χ4v) is 4.30. The fourth-order valence-electron chi connectivity index (χ4n) is 4.30. The van der Waals surface area contributed by atoms with Crippen LogP contribution in [0, 0.1) is 5.92 Å². The number of pyridine rings is 1. The van der Waals surface area contributed by atoms with Crippen molar-refractivity contribution in [2.24, 2.45) is 5.92 Å². The van der Waals surface area contributed by atoms with Gasteiger partial charge in [-0.2, -0.15) is 0 Å². The van der Waals surface area contributed by atoms with Crippen molar-refractivity contribution in [3.05, 3.63) is 70.4 Å². The Morgan fingerprint density at radius 2 is 1.79 bits per heavy atom. The summed E-state index contributed by atoms with van der Waals surface area (Å²) in [5, 5.41) is 12.5. The molecule has 13 nitrogen and oxygen atoms in total. The molecule has 2 N–H and O–H groups in total. The van der Waals surface area contributed by atoms with Crippen molar-refractivity contribution in [2.75, 3.05) is 33.5 Å². The second kappa shape index (κ2) is 14.3. The standard InChI is InChI=1S/C30H38N6O7/c1-19(2)17-20-11-9-13-22-26(20)32-24(36(22)29(40)41)18-35-16-10-12-21(28(35)39)31-27(38)23(43-30(42)34(5)6)14-7-8-15-25(37)33(3)4/h8-13,15-16,19,23H,7,14,17-18H2,1-6H3,(H,31,38)(H,40,41)/b15-8+/t23-/m0/s1. The summed E-state index contributed by atoms with van der Waals surface area (Å²) in [6.07, 6.45) is 2.18. The number of nitrogens with one attached hydrogen (secondary N) is 1. The number of likely N-dealkylation sites (N-methyl/N-ethyl adjacent to an activating group) is 1. The van der Waals surface area contributed by atoms with Crippen molar-refractivity contribution in [2.45, 2.75) is 45.8 Å². The largest absolute Gasteiger partial charge is 0.464 e. The number of amides is 3. The van der Waals surface area contributed by atoms with Gasteiger partial charge >= 0.3 is 12.2 Å². The van der Waals surface area contributed by atoms with Crippen LogP contribution in [-0.4, -0.2) is 87.3 Å². The number of imidazole rings is 1. The lowest BCUT2D eigenvalue weighted by atomic mass is 10.0. The number of allylic oxidation sites excluding steroid dienone is 1. The van der Waals surface area contributed by atoms with Crippen molar-refractivity contribution in [3.63, 3.8) is 0 Å². The molecule has 43 heavy (non-hydrogen) atoms. The molecule has 0 aliphatic heterocycles. The van der Waals surface area contributed by atoms with Gasteiger partial charge in [0.1, 0.15) is 11.5 Å². The first kappa shape index (κ1) is 32.6. The molecule has 0 radical (unpaired) electrons. The van der Waals surface area contributed by atoms with Crippen LogP contribution in [0.4, 0.5) is 15.3 Å². The minimum absolute atomic E-state index is 0.0605. The fraction of sp³-hybridized carbons (Fsp3) is 0.400. The number of carbonyl (C=O) groups excluding carboxylic acids is 3. The Balaban J connectivity index is 1.88. The number of carboxylic acid groups (broad SMARTS) is 1. The van der Waals surface area contributed by atoms with E-state index in [9.17, 15) is 29.1 Å². The van der Waals surface area contributed by atoms with E-state index in [1.807, 2.05) is 6.07 Å². The Morgan fingerprint density at radius 3 is 2.42 bits per heavy atom. The summed E-state index contributed by atoms with van der Waals surface area (Å²) < 4.78 is 7.64. The highest BCUT2D eigenvalue weighted by molar-refractivity contribution is 5.95. The number of para-hydroxylation sites is 1. The number of carbonyl (C=O) groups is 4. The normalized spacial score (nSPS) is 12.0. The monoisotopic (exact) mass is 594 g/mol. The highest BCUT2D eigenvalue weighted by Gasteiger charge is 2.25. The Kier molecular flexibility index (Phi) is 10.8. The molecular formula is C30H38N6O7. The lowest BCUT2D eigenvalue weighted by Gasteiger charge is -2.19. The Labute approximate surface area is 249 Å². The molecule has 0 saturated carbocycles. The van der Waals surface area contributed by atoms with E-state index in [-0.39, 0.29) is 36.8 Å². The average molecular weight is 595 g/mol. The molecule has 0 bridgehead atoms. The van der Waals surface area contributed by atoms with Crippen LogP contribution in [0.25, 0.3) is 11.0 Å². The quantitative estimate of drug-likeness (QED) is 0.320. The highest BCUT2D eigenvalue weighted by Crippen LogP contribution is 2.23. The van der Waals surface area contributed by atoms with Gasteiger partial charge in [0.25, 0.3) is 11.5 Å². The SMILES string of the molecule is CC(C)Cc1cccc2c1nc(Cn1cccc(NC(=O)[C@H](CC/C=C/C(=O)N(C)C)OC(=O)N(C)C)c1=O)n2C(=O)O. The molecule has 3 amide bonds. The van der Waals surface area contributed by atoms with Crippen LogP contribution in [0.1, 0.15) is 38.1 Å². The van der Waals surface area contributed by atoms with Crippen molar-refractivity contribution in [1.82, 2.24) is 23.9 Å². The van der Waals surface area contributed by atoms with Gasteiger partial charge in [-0.25, -0.2) is 19.1 Å². The maximum absolute atomic E-state index is 13.4. The van der Waals surface area contributed by atoms with Gasteiger partial charge in [0.2, 0.25) is 5.91 Å². The zero-order valence-corrected chi connectivity index (χ0v) is 25.2. The number of ether oxygens (including phenoxy) is 1. The van der Waals surface area contributed by atoms with Gasteiger partial charge in [-0.15, -0.1) is 0 Å². The van der Waals surface area contributed by atoms with Crippen molar-refractivity contribution in [1.29, 1.82) is 0 Å². The van der Waals surface area contributed by atoms with Crippen LogP contribution >= 0.6 is 0 Å². The third-order valence-electron chi connectivity index (χ3n) is 6.44. The summed E-state index contributed by atoms with van der Waals surface area (Å²) in [5.41, 5.74) is 1.19. The zero-order chi connectivity index (χ0) is 31.8. The molecule has 0 fully saturated rings. The van der Waals surface area contributed by atoms with E-state index in [2.05, 4.69) is 24.1 Å². The molecule has 0 saturated heterocycles. The van der Waals surface area contributed by atoms with E-state index in [1.54, 1.807) is 32.3 Å². The molecule has 2 heterocycles. The van der Waals surface area contributed by atoms with E-state index >= 15 is 0 Å². The van der Waals surface area contributed by atoms with Crippen LogP contribution in [0.5, 0.6) is 0 Å². The molecule has 3 rings (SSSR count). The van der Waals surface area contributed by atoms with Gasteiger partial charge in [-0.05, 0) is 55.0 Å². The predicted octanol–water partition coefficient (Wildman–Crippen LogP) is 3.40. The Hall–Kier alpha value is -4.94. The molecule has 0 aliphatic carbocycles. The van der Waals surface area contributed by atoms with E-state index < -0.39 is 29.8 Å². The molecule has 1 atom stereocenters. The second-order valence-electron chi connectivity index (χ2n) is 10.9. The number of fused-ring (bicyclic) bond motifs is 1. The van der Waals surface area contributed by atoms with E-state index in [4.69, 9.17) is 4.74 Å². The summed E-state index contributed by atoms with van der Waals surface area (Å²) in [6.45, 7) is 3.94. The zero-order valence-electron chi connectivity index (χ0n) is 25.2. The summed E-state index contributed by atoms with van der Waals surface area (Å²) in [5.74, 6) is -0.498. The molecule has 1 aromatic carbocycles. The average Bonchev–Trinajstić information content (AvgIpc) is 3.31. The van der Waals surface area contributed by atoms with Crippen molar-refractivity contribution in [3.8, 4) is 0 Å². The summed E-state index contributed by atoms with van der Waals surface area (Å²) in [7, 11) is 6.16. The minimum atomic E-state index is -1.25. The molecule has 0 unspecified atom stereocenters. The van der Waals surface area contributed by atoms with Gasteiger partial charge in [0.15, 0.2) is 6.10 Å². The number of rotatable bonds is 11. The van der Waals surface area contributed by atoms with Crippen LogP contribution < -0.4 is 10.9 Å². The van der Waals surface area contributed by atoms with Gasteiger partial charge in [0.05, 0.1) is 17.6 Å². The number of anilines is 1. The van der Waals surface area contributed by atoms with Crippen LogP contribution in [0.2, 0.25) is 0 Å². The van der Waals surface area contributed by atoms with Gasteiger partial charge < -0.3 is 29.5 Å². The molecule has 0 aliphatic rings. The van der Waals surface area contributed by atoms with Gasteiger partial charge in [0, 0.05) is 34.4 Å². The van der Waals surface area contributed by atoms with Crippen LogP contribution in [0.15, 0.2) is 53.5 Å². The predicted molar refractivity (Wildman–Crippen MR) is 161 cm³/mol. The summed E-state index contributed by atoms with van der Waals surface area (Å²) in [4.78, 5) is 69.9. The number of hydrogen-bond donors (Lipinski definition) is 2. The smallest absolute Gasteiger partial charge is 0.417 e. The summed E-state index contributed by atoms with van der Waals surface area (Å²) in [6, 6.07) is 8.29. The van der Waals surface area contributed by atoms with E-state index in [0.717, 1.165) is 10.1 Å². The molecule has 0 spiro atoms. The molecule has 13 heteroatoms. The molecule has 230 valence electrons. The summed E-state index contributed by atoms with van der Waals surface area (Å²) >= 11 is 0. The van der Waals surface area contributed by atoms with Crippen molar-refractivity contribution < 1.29 is 29.0 Å². The van der Waals surface area contributed by atoms with Gasteiger partial charge in [-0.1, -0.05) is 32.1 Å². The van der Waals surface area contributed by atoms with Crippen LogP contribution in [-0.2, 0) is 27.3 Å². The number of nitrogens with zero attached hydrogens (tertiary/aromatic N) is 5. The first-order chi connectivity index (χ1) is 20.3. The lowest BCUT2D eigenvalue weighted by Crippen LogP contribution is -2.37. The van der Waals surface area contributed by atoms with Crippen molar-refractivity contribution >= 4 is 40.7 Å². The maximum atomic E-state index is 13.4. The Morgan fingerprint density at radius 1 is 1.07 bits per heavy atom. The number of hydrogen-bond acceptors (Lipinski definition) is 7. The third-order valence-corrected chi connectivity index (χ3v) is 6.44. The topological polar surface area (TPSA) is 156 Å². The molecular weight excluding hydrogens is 556 g/mol. The van der Waals surface area contributed by atoms with E-state index in [1.165, 1.54) is 52.9 Å². The maximum Gasteiger partial charge on any atom is 0.417 e. The third kappa shape index (κ3) is 8.31. The minimum Gasteiger partial charge on any atom is -0.464 e. The lowest BCUT2D eigenvalue weighted by molar-refractivity contribution is -0.125. The second-order valence-corrected chi connectivity index (χ2v) is 10.9. The molecule has 2 aromatic heterocycles. The van der Waals surface area contributed by atoms with Crippen LogP contribution in [0.3, 0.4) is 0 Å². The van der Waals surface area contributed by atoms with Gasteiger partial charge in [-0.3, -0.25) is 14.4 Å². The van der Waals surface area contributed by atoms with E-state index in [0.29, 0.717) is 23.4 Å². The number of benzene rings is 1. The number of aromatic nitrogens is 3. The first-order valence-electron chi connectivity index (χ1n) is 13.8. The first-order valence-corrected chi connectivity index (χ1v) is 13.8. The highest BCUT2D eigenvalue weighted by atomic mass is 16.6. The molecule has 3 aromatic rings. The Bertz CT molecular complexity index is 1590.